The van der Waals surface area contributed by atoms with Crippen LogP contribution < -0.4 is 5.32 Å². The van der Waals surface area contributed by atoms with Crippen LogP contribution in [0.4, 0.5) is 24.0 Å². The van der Waals surface area contributed by atoms with Gasteiger partial charge in [-0.3, -0.25) is 0 Å². The standard InChI is InChI=1S/C10H5BrClF3N2S/c11-8-4-18-9(17-8)16-7-2-5(10(13,14)15)1-6(12)3-7/h1-4H,(H,16,17). The Hall–Kier alpha value is -0.790. The molecule has 1 aromatic carbocycles. The van der Waals surface area contributed by atoms with Gasteiger partial charge in [-0.05, 0) is 34.1 Å². The second kappa shape index (κ2) is 5.07. The summed E-state index contributed by atoms with van der Waals surface area (Å²) in [5, 5.41) is 4.99. The average Bonchev–Trinajstić information content (AvgIpc) is 2.61. The summed E-state index contributed by atoms with van der Waals surface area (Å²) >= 11 is 10.1. The molecule has 1 aromatic heterocycles. The zero-order valence-corrected chi connectivity index (χ0v) is 11.7. The van der Waals surface area contributed by atoms with Gasteiger partial charge in [-0.1, -0.05) is 11.6 Å². The van der Waals surface area contributed by atoms with Crippen LogP contribution in [0.5, 0.6) is 0 Å². The molecule has 2 rings (SSSR count). The average molecular weight is 358 g/mol. The highest BCUT2D eigenvalue weighted by Crippen LogP contribution is 2.34. The van der Waals surface area contributed by atoms with Gasteiger partial charge in [0.25, 0.3) is 0 Å². The Morgan fingerprint density at radius 1 is 1.28 bits per heavy atom. The van der Waals surface area contributed by atoms with E-state index in [1.165, 1.54) is 17.4 Å². The Morgan fingerprint density at radius 2 is 2.00 bits per heavy atom. The van der Waals surface area contributed by atoms with Gasteiger partial charge in [0.15, 0.2) is 5.13 Å². The van der Waals surface area contributed by atoms with E-state index in [1.54, 1.807) is 5.38 Å². The number of nitrogens with one attached hydrogen (secondary N) is 1. The highest BCUT2D eigenvalue weighted by molar-refractivity contribution is 9.10. The number of alkyl halides is 3. The minimum Gasteiger partial charge on any atom is -0.331 e. The Bertz CT molecular complexity index is 570. The van der Waals surface area contributed by atoms with Crippen LogP contribution in [0.25, 0.3) is 0 Å². The smallest absolute Gasteiger partial charge is 0.331 e. The summed E-state index contributed by atoms with van der Waals surface area (Å²) in [6, 6.07) is 3.28. The molecule has 0 aliphatic rings. The van der Waals surface area contributed by atoms with Gasteiger partial charge in [0.05, 0.1) is 5.56 Å². The second-order valence-corrected chi connectivity index (χ2v) is 5.43. The van der Waals surface area contributed by atoms with Gasteiger partial charge in [0.2, 0.25) is 0 Å². The summed E-state index contributed by atoms with van der Waals surface area (Å²) in [5.41, 5.74) is -0.551. The maximum absolute atomic E-state index is 12.6. The third-order valence-corrected chi connectivity index (χ3v) is 3.64. The predicted molar refractivity (Wildman–Crippen MR) is 69.6 cm³/mol. The molecular formula is C10H5BrClF3N2S. The molecule has 18 heavy (non-hydrogen) atoms. The molecule has 0 radical (unpaired) electrons. The fourth-order valence-corrected chi connectivity index (χ4v) is 2.66. The lowest BCUT2D eigenvalue weighted by molar-refractivity contribution is -0.137. The molecule has 1 N–H and O–H groups in total. The third kappa shape index (κ3) is 3.37. The summed E-state index contributed by atoms with van der Waals surface area (Å²) in [6.45, 7) is 0. The Morgan fingerprint density at radius 3 is 2.56 bits per heavy atom. The lowest BCUT2D eigenvalue weighted by Crippen LogP contribution is -2.05. The molecule has 0 aliphatic heterocycles. The largest absolute Gasteiger partial charge is 0.416 e. The number of aromatic nitrogens is 1. The number of anilines is 2. The first-order valence-corrected chi connectivity index (χ1v) is 6.65. The quantitative estimate of drug-likeness (QED) is 0.786. The molecule has 2 aromatic rings. The van der Waals surface area contributed by atoms with Gasteiger partial charge in [-0.25, -0.2) is 4.98 Å². The first-order valence-electron chi connectivity index (χ1n) is 4.60. The first-order chi connectivity index (χ1) is 8.34. The van der Waals surface area contributed by atoms with Crippen molar-refractivity contribution >= 4 is 49.7 Å². The van der Waals surface area contributed by atoms with Crippen LogP contribution in [0.2, 0.25) is 5.02 Å². The van der Waals surface area contributed by atoms with E-state index >= 15 is 0 Å². The molecule has 96 valence electrons. The van der Waals surface area contributed by atoms with E-state index in [0.29, 0.717) is 9.73 Å². The highest BCUT2D eigenvalue weighted by Gasteiger charge is 2.31. The Labute approximate surface area is 118 Å². The summed E-state index contributed by atoms with van der Waals surface area (Å²) in [6.07, 6.45) is -4.43. The normalized spacial score (nSPS) is 11.6. The van der Waals surface area contributed by atoms with Crippen LogP contribution >= 0.6 is 38.9 Å². The lowest BCUT2D eigenvalue weighted by atomic mass is 10.2. The van der Waals surface area contributed by atoms with E-state index in [2.05, 4.69) is 26.2 Å². The molecule has 0 aliphatic carbocycles. The molecule has 0 spiro atoms. The van der Waals surface area contributed by atoms with Crippen molar-refractivity contribution in [2.24, 2.45) is 0 Å². The molecule has 2 nitrogen and oxygen atoms in total. The number of halogens is 5. The maximum atomic E-state index is 12.6. The van der Waals surface area contributed by atoms with Crippen LogP contribution in [0.3, 0.4) is 0 Å². The molecule has 0 saturated heterocycles. The number of rotatable bonds is 2. The van der Waals surface area contributed by atoms with E-state index in [9.17, 15) is 13.2 Å². The topological polar surface area (TPSA) is 24.9 Å². The van der Waals surface area contributed by atoms with Crippen molar-refractivity contribution < 1.29 is 13.2 Å². The number of thiazole rings is 1. The van der Waals surface area contributed by atoms with Crippen molar-refractivity contribution in [1.29, 1.82) is 0 Å². The van der Waals surface area contributed by atoms with Gasteiger partial charge in [-0.2, -0.15) is 13.2 Å². The molecule has 8 heteroatoms. The van der Waals surface area contributed by atoms with Gasteiger partial charge in [-0.15, -0.1) is 11.3 Å². The monoisotopic (exact) mass is 356 g/mol. The summed E-state index contributed by atoms with van der Waals surface area (Å²) < 4.78 is 38.4. The molecule has 0 fully saturated rings. The molecule has 0 atom stereocenters. The van der Waals surface area contributed by atoms with Crippen molar-refractivity contribution in [3.8, 4) is 0 Å². The van der Waals surface area contributed by atoms with Crippen LogP contribution in [0, 0.1) is 0 Å². The van der Waals surface area contributed by atoms with Crippen LogP contribution in [0.15, 0.2) is 28.2 Å². The van der Waals surface area contributed by atoms with E-state index in [0.717, 1.165) is 12.1 Å². The Kier molecular flexibility index (Phi) is 3.84. The zero-order chi connectivity index (χ0) is 13.3. The number of hydrogen-bond acceptors (Lipinski definition) is 3. The van der Waals surface area contributed by atoms with Gasteiger partial charge in [0, 0.05) is 16.1 Å². The predicted octanol–water partition coefficient (Wildman–Crippen LogP) is 5.32. The highest BCUT2D eigenvalue weighted by atomic mass is 79.9. The van der Waals surface area contributed by atoms with Crippen LogP contribution in [0.1, 0.15) is 5.56 Å². The molecule has 0 amide bonds. The van der Waals surface area contributed by atoms with Crippen molar-refractivity contribution in [3.63, 3.8) is 0 Å². The molecular weight excluding hydrogens is 353 g/mol. The minimum atomic E-state index is -4.43. The number of benzene rings is 1. The summed E-state index contributed by atoms with van der Waals surface area (Å²) in [7, 11) is 0. The third-order valence-electron chi connectivity index (χ3n) is 1.95. The number of hydrogen-bond donors (Lipinski definition) is 1. The fourth-order valence-electron chi connectivity index (χ4n) is 1.26. The lowest BCUT2D eigenvalue weighted by Gasteiger charge is -2.10. The van der Waals surface area contributed by atoms with E-state index in [4.69, 9.17) is 11.6 Å². The van der Waals surface area contributed by atoms with Gasteiger partial charge < -0.3 is 5.32 Å². The van der Waals surface area contributed by atoms with E-state index < -0.39 is 11.7 Å². The van der Waals surface area contributed by atoms with Crippen LogP contribution in [-0.2, 0) is 6.18 Å². The zero-order valence-electron chi connectivity index (χ0n) is 8.55. The SMILES string of the molecule is FC(F)(F)c1cc(Cl)cc(Nc2nc(Br)cs2)c1. The maximum Gasteiger partial charge on any atom is 0.416 e. The molecule has 0 unspecified atom stereocenters. The number of nitrogens with zero attached hydrogens (tertiary/aromatic N) is 1. The molecule has 0 bridgehead atoms. The Balaban J connectivity index is 2.31. The molecule has 1 heterocycles. The minimum absolute atomic E-state index is 0.0166. The van der Waals surface area contributed by atoms with Crippen molar-refractivity contribution in [3.05, 3.63) is 38.8 Å². The van der Waals surface area contributed by atoms with Crippen LogP contribution in [-0.4, -0.2) is 4.98 Å². The van der Waals surface area contributed by atoms with Crippen molar-refractivity contribution in [2.45, 2.75) is 6.18 Å². The first kappa shape index (κ1) is 13.6. The summed E-state index contributed by atoms with van der Waals surface area (Å²) in [4.78, 5) is 4.03. The van der Waals surface area contributed by atoms with Gasteiger partial charge in [0.1, 0.15) is 4.60 Å². The van der Waals surface area contributed by atoms with E-state index in [-0.39, 0.29) is 10.7 Å². The van der Waals surface area contributed by atoms with Crippen molar-refractivity contribution in [1.82, 2.24) is 4.98 Å². The van der Waals surface area contributed by atoms with Crippen molar-refractivity contribution in [2.75, 3.05) is 5.32 Å². The fraction of sp³-hybridized carbons (Fsp3) is 0.100. The van der Waals surface area contributed by atoms with E-state index in [1.807, 2.05) is 0 Å². The summed E-state index contributed by atoms with van der Waals surface area (Å²) in [5.74, 6) is 0. The second-order valence-electron chi connectivity index (χ2n) is 3.33. The van der Waals surface area contributed by atoms with Gasteiger partial charge >= 0.3 is 6.18 Å². The molecule has 0 saturated carbocycles.